The third-order valence-electron chi connectivity index (χ3n) is 4.29. The lowest BCUT2D eigenvalue weighted by molar-refractivity contribution is 0.307. The molecule has 2 rings (SSSR count). The summed E-state index contributed by atoms with van der Waals surface area (Å²) in [5.74, 6) is 1.64. The van der Waals surface area contributed by atoms with E-state index in [0.29, 0.717) is 24.1 Å². The fourth-order valence-corrected chi connectivity index (χ4v) is 3.98. The topological polar surface area (TPSA) is 58.2 Å². The second-order valence-corrected chi connectivity index (χ2v) is 7.73. The van der Waals surface area contributed by atoms with E-state index in [-0.39, 0.29) is 0 Å². The minimum absolute atomic E-state index is 0.320. The molecule has 1 heterocycles. The summed E-state index contributed by atoms with van der Waals surface area (Å²) in [5, 5.41) is 3.36. The van der Waals surface area contributed by atoms with Crippen LogP contribution in [0.2, 0.25) is 0 Å². The maximum absolute atomic E-state index is 11.8. The van der Waals surface area contributed by atoms with Gasteiger partial charge >= 0.3 is 0 Å². The molecule has 106 valence electrons. The van der Waals surface area contributed by atoms with Crippen molar-refractivity contribution in [3.63, 3.8) is 0 Å². The van der Waals surface area contributed by atoms with Crippen LogP contribution in [0.25, 0.3) is 0 Å². The van der Waals surface area contributed by atoms with Crippen molar-refractivity contribution in [1.82, 2.24) is 10.0 Å². The van der Waals surface area contributed by atoms with E-state index in [9.17, 15) is 8.42 Å². The lowest BCUT2D eigenvalue weighted by Crippen LogP contribution is -2.34. The van der Waals surface area contributed by atoms with Gasteiger partial charge in [0.05, 0.1) is 5.75 Å². The Labute approximate surface area is 111 Å². The van der Waals surface area contributed by atoms with Gasteiger partial charge in [0.25, 0.3) is 0 Å². The van der Waals surface area contributed by atoms with Gasteiger partial charge in [-0.3, -0.25) is 0 Å². The average molecular weight is 274 g/mol. The first-order chi connectivity index (χ1) is 8.66. The highest BCUT2D eigenvalue weighted by Crippen LogP contribution is 2.29. The van der Waals surface area contributed by atoms with Gasteiger partial charge in [0.15, 0.2) is 0 Å². The zero-order valence-electron chi connectivity index (χ0n) is 11.2. The van der Waals surface area contributed by atoms with Crippen molar-refractivity contribution in [2.75, 3.05) is 25.4 Å². The Morgan fingerprint density at radius 3 is 2.44 bits per heavy atom. The number of nitrogens with one attached hydrogen (secondary N) is 2. The van der Waals surface area contributed by atoms with Gasteiger partial charge in [-0.15, -0.1) is 0 Å². The molecule has 0 bridgehead atoms. The summed E-state index contributed by atoms with van der Waals surface area (Å²) < 4.78 is 26.3. The van der Waals surface area contributed by atoms with Crippen molar-refractivity contribution >= 4 is 10.0 Å². The molecule has 4 nitrogen and oxygen atoms in total. The second-order valence-electron chi connectivity index (χ2n) is 5.80. The molecule has 0 amide bonds. The Balaban J connectivity index is 1.58. The van der Waals surface area contributed by atoms with Crippen LogP contribution in [-0.4, -0.2) is 33.8 Å². The van der Waals surface area contributed by atoms with Gasteiger partial charge in [-0.1, -0.05) is 19.3 Å². The Morgan fingerprint density at radius 1 is 1.06 bits per heavy atom. The van der Waals surface area contributed by atoms with Crippen molar-refractivity contribution in [2.24, 2.45) is 11.8 Å². The molecule has 5 heteroatoms. The summed E-state index contributed by atoms with van der Waals surface area (Å²) in [6, 6.07) is 0. The van der Waals surface area contributed by atoms with E-state index in [1.54, 1.807) is 0 Å². The smallest absolute Gasteiger partial charge is 0.211 e. The summed E-state index contributed by atoms with van der Waals surface area (Å²) >= 11 is 0. The molecule has 2 aliphatic rings. The average Bonchev–Trinajstić information content (AvgIpc) is 2.28. The highest BCUT2D eigenvalue weighted by atomic mass is 32.2. The Bertz CT molecular complexity index is 333. The quantitative estimate of drug-likeness (QED) is 0.739. The lowest BCUT2D eigenvalue weighted by atomic mass is 9.84. The summed E-state index contributed by atoms with van der Waals surface area (Å²) in [6.07, 6.45) is 8.01. The molecule has 0 aromatic heterocycles. The van der Waals surface area contributed by atoms with E-state index in [1.807, 2.05) is 0 Å². The van der Waals surface area contributed by atoms with Gasteiger partial charge in [-0.2, -0.15) is 0 Å². The molecular formula is C13H26N2O2S. The van der Waals surface area contributed by atoms with Crippen LogP contribution >= 0.6 is 0 Å². The van der Waals surface area contributed by atoms with E-state index in [1.165, 1.54) is 32.1 Å². The number of hydrogen-bond acceptors (Lipinski definition) is 3. The Kier molecular flexibility index (Phi) is 5.45. The fourth-order valence-electron chi connectivity index (χ4n) is 2.76. The van der Waals surface area contributed by atoms with Crippen molar-refractivity contribution in [3.05, 3.63) is 0 Å². The summed E-state index contributed by atoms with van der Waals surface area (Å²) in [6.45, 7) is 2.77. The van der Waals surface area contributed by atoms with Gasteiger partial charge in [0.2, 0.25) is 10.0 Å². The molecule has 1 aliphatic carbocycles. The van der Waals surface area contributed by atoms with Crippen LogP contribution in [0.3, 0.4) is 0 Å². The number of piperidine rings is 1. The van der Waals surface area contributed by atoms with Crippen molar-refractivity contribution in [3.8, 4) is 0 Å². The summed E-state index contributed by atoms with van der Waals surface area (Å²) in [5.41, 5.74) is 0. The molecule has 0 aromatic rings. The van der Waals surface area contributed by atoms with Gasteiger partial charge < -0.3 is 5.32 Å². The lowest BCUT2D eigenvalue weighted by Gasteiger charge is -2.25. The molecule has 0 spiro atoms. The highest BCUT2D eigenvalue weighted by Gasteiger charge is 2.21. The summed E-state index contributed by atoms with van der Waals surface area (Å²) in [4.78, 5) is 0. The van der Waals surface area contributed by atoms with E-state index in [0.717, 1.165) is 25.9 Å². The van der Waals surface area contributed by atoms with Crippen molar-refractivity contribution < 1.29 is 8.42 Å². The first-order valence-corrected chi connectivity index (χ1v) is 8.99. The van der Waals surface area contributed by atoms with Crippen molar-refractivity contribution in [2.45, 2.75) is 44.9 Å². The van der Waals surface area contributed by atoms with Crippen LogP contribution in [0.15, 0.2) is 0 Å². The molecule has 0 radical (unpaired) electrons. The number of hydrogen-bond donors (Lipinski definition) is 2. The fraction of sp³-hybridized carbons (Fsp3) is 1.00. The maximum Gasteiger partial charge on any atom is 0.211 e. The van der Waals surface area contributed by atoms with Crippen LogP contribution in [0.5, 0.6) is 0 Å². The number of rotatable bonds is 7. The maximum atomic E-state index is 11.8. The normalized spacial score (nSPS) is 25.9. The zero-order chi connectivity index (χ0) is 12.8. The first kappa shape index (κ1) is 14.3. The molecule has 1 unspecified atom stereocenters. The second kappa shape index (κ2) is 6.87. The molecule has 1 saturated carbocycles. The third kappa shape index (κ3) is 4.86. The van der Waals surface area contributed by atoms with E-state index < -0.39 is 10.0 Å². The Hall–Kier alpha value is -0.130. The van der Waals surface area contributed by atoms with Crippen LogP contribution in [0.4, 0.5) is 0 Å². The standard InChI is InChI=1S/C13H26N2O2S/c16-18(17,10-7-12-3-1-4-12)15-9-6-13-5-2-8-14-11-13/h12-15H,1-11H2. The van der Waals surface area contributed by atoms with Crippen LogP contribution in [-0.2, 0) is 10.0 Å². The van der Waals surface area contributed by atoms with Crippen LogP contribution < -0.4 is 10.0 Å². The molecule has 2 fully saturated rings. The first-order valence-electron chi connectivity index (χ1n) is 7.34. The monoisotopic (exact) mass is 274 g/mol. The van der Waals surface area contributed by atoms with E-state index in [4.69, 9.17) is 0 Å². The molecule has 1 saturated heterocycles. The predicted octanol–water partition coefficient (Wildman–Crippen LogP) is 1.49. The van der Waals surface area contributed by atoms with Crippen LogP contribution in [0.1, 0.15) is 44.9 Å². The van der Waals surface area contributed by atoms with E-state index >= 15 is 0 Å². The zero-order valence-corrected chi connectivity index (χ0v) is 12.0. The SMILES string of the molecule is O=S(=O)(CCC1CCC1)NCCC1CCCNC1. The molecule has 18 heavy (non-hydrogen) atoms. The third-order valence-corrected chi connectivity index (χ3v) is 5.71. The van der Waals surface area contributed by atoms with E-state index in [2.05, 4.69) is 10.0 Å². The predicted molar refractivity (Wildman–Crippen MR) is 74.0 cm³/mol. The van der Waals surface area contributed by atoms with Gasteiger partial charge in [0.1, 0.15) is 0 Å². The van der Waals surface area contributed by atoms with Gasteiger partial charge in [-0.05, 0) is 50.6 Å². The van der Waals surface area contributed by atoms with Gasteiger partial charge in [-0.25, -0.2) is 13.1 Å². The molecular weight excluding hydrogens is 248 g/mol. The molecule has 0 aromatic carbocycles. The van der Waals surface area contributed by atoms with Crippen LogP contribution in [0, 0.1) is 11.8 Å². The minimum atomic E-state index is -3.02. The summed E-state index contributed by atoms with van der Waals surface area (Å²) in [7, 11) is -3.02. The minimum Gasteiger partial charge on any atom is -0.316 e. The Morgan fingerprint density at radius 2 is 1.83 bits per heavy atom. The highest BCUT2D eigenvalue weighted by molar-refractivity contribution is 7.89. The molecule has 1 atom stereocenters. The molecule has 1 aliphatic heterocycles. The largest absolute Gasteiger partial charge is 0.316 e. The van der Waals surface area contributed by atoms with Gasteiger partial charge in [0, 0.05) is 6.54 Å². The molecule has 2 N–H and O–H groups in total. The number of sulfonamides is 1. The van der Waals surface area contributed by atoms with Crippen molar-refractivity contribution in [1.29, 1.82) is 0 Å².